The van der Waals surface area contributed by atoms with Crippen LogP contribution in [-0.2, 0) is 0 Å². The number of hydrogen-bond acceptors (Lipinski definition) is 4. The summed E-state index contributed by atoms with van der Waals surface area (Å²) in [6.07, 6.45) is 0. The molecule has 24 heavy (non-hydrogen) atoms. The van der Waals surface area contributed by atoms with Gasteiger partial charge in [-0.3, -0.25) is 4.79 Å². The number of halogens is 1. The summed E-state index contributed by atoms with van der Waals surface area (Å²) in [6, 6.07) is 15.1. The number of hydrogen-bond donors (Lipinski definition) is 1. The van der Waals surface area contributed by atoms with Gasteiger partial charge in [-0.05, 0) is 42.8 Å². The van der Waals surface area contributed by atoms with E-state index in [2.05, 4.69) is 10.5 Å². The Morgan fingerprint density at radius 2 is 1.88 bits per heavy atom. The first-order chi connectivity index (χ1) is 11.6. The minimum atomic E-state index is -0.311. The van der Waals surface area contributed by atoms with Gasteiger partial charge in [0, 0.05) is 10.1 Å². The molecule has 0 fully saturated rings. The Hall–Kier alpha value is -2.37. The molecule has 3 rings (SSSR count). The van der Waals surface area contributed by atoms with E-state index in [1.165, 1.54) is 11.3 Å². The molecule has 6 heteroatoms. The third kappa shape index (κ3) is 3.27. The summed E-state index contributed by atoms with van der Waals surface area (Å²) >= 11 is 7.66. The van der Waals surface area contributed by atoms with E-state index in [9.17, 15) is 4.79 Å². The topological polar surface area (TPSA) is 50.7 Å². The van der Waals surface area contributed by atoms with Crippen LogP contribution in [0.25, 0.3) is 10.1 Å². The third-order valence-corrected chi connectivity index (χ3v) is 5.25. The van der Waals surface area contributed by atoms with Gasteiger partial charge in [-0.25, -0.2) is 5.43 Å². The molecule has 122 valence electrons. The van der Waals surface area contributed by atoms with Gasteiger partial charge in [-0.2, -0.15) is 5.10 Å². The average Bonchev–Trinajstić information content (AvgIpc) is 2.96. The minimum absolute atomic E-state index is 0.311. The highest BCUT2D eigenvalue weighted by Gasteiger charge is 2.16. The summed E-state index contributed by atoms with van der Waals surface area (Å²) in [4.78, 5) is 12.8. The van der Waals surface area contributed by atoms with Crippen LogP contribution in [0.2, 0.25) is 5.02 Å². The van der Waals surface area contributed by atoms with Crippen molar-refractivity contribution in [1.82, 2.24) is 5.43 Å². The maximum Gasteiger partial charge on any atom is 0.283 e. The highest BCUT2D eigenvalue weighted by molar-refractivity contribution is 7.21. The first-order valence-electron chi connectivity index (χ1n) is 7.26. The molecule has 1 heterocycles. The maximum atomic E-state index is 12.4. The van der Waals surface area contributed by atoms with Gasteiger partial charge in [0.25, 0.3) is 5.91 Å². The van der Waals surface area contributed by atoms with Crippen molar-refractivity contribution in [2.45, 2.75) is 6.92 Å². The normalized spacial score (nSPS) is 11.5. The van der Waals surface area contributed by atoms with Gasteiger partial charge < -0.3 is 4.74 Å². The van der Waals surface area contributed by atoms with Crippen molar-refractivity contribution in [3.8, 4) is 5.75 Å². The molecular formula is C18H15ClN2O2S. The lowest BCUT2D eigenvalue weighted by Gasteiger charge is -2.04. The van der Waals surface area contributed by atoms with E-state index in [0.29, 0.717) is 15.6 Å². The quantitative estimate of drug-likeness (QED) is 0.542. The number of rotatable bonds is 4. The van der Waals surface area contributed by atoms with Crippen molar-refractivity contribution in [2.24, 2.45) is 5.10 Å². The second kappa shape index (κ2) is 7.03. The predicted molar refractivity (Wildman–Crippen MR) is 99.5 cm³/mol. The van der Waals surface area contributed by atoms with Gasteiger partial charge in [0.15, 0.2) is 0 Å². The summed E-state index contributed by atoms with van der Waals surface area (Å²) in [5.74, 6) is 0.460. The number of amides is 1. The molecule has 0 unspecified atom stereocenters. The molecular weight excluding hydrogens is 344 g/mol. The number of methoxy groups -OCH3 is 1. The molecule has 1 N–H and O–H groups in total. The number of hydrazone groups is 1. The Kier molecular flexibility index (Phi) is 4.83. The zero-order valence-electron chi connectivity index (χ0n) is 13.2. The van der Waals surface area contributed by atoms with Crippen LogP contribution in [0.1, 0.15) is 22.2 Å². The van der Waals surface area contributed by atoms with E-state index in [4.69, 9.17) is 16.3 Å². The summed E-state index contributed by atoms with van der Waals surface area (Å²) in [5, 5.41) is 5.50. The summed E-state index contributed by atoms with van der Waals surface area (Å²) in [7, 11) is 1.62. The highest BCUT2D eigenvalue weighted by Crippen LogP contribution is 2.34. The van der Waals surface area contributed by atoms with Crippen LogP contribution in [0.15, 0.2) is 53.6 Å². The number of carbonyl (C=O) groups is 1. The zero-order chi connectivity index (χ0) is 17.1. The van der Waals surface area contributed by atoms with E-state index < -0.39 is 0 Å². The van der Waals surface area contributed by atoms with Gasteiger partial charge in [-0.1, -0.05) is 29.8 Å². The van der Waals surface area contributed by atoms with Gasteiger partial charge in [-0.15, -0.1) is 11.3 Å². The van der Waals surface area contributed by atoms with Crippen molar-refractivity contribution in [3.05, 3.63) is 64.0 Å². The van der Waals surface area contributed by atoms with E-state index in [1.54, 1.807) is 7.11 Å². The van der Waals surface area contributed by atoms with Crippen LogP contribution in [-0.4, -0.2) is 18.7 Å². The van der Waals surface area contributed by atoms with Crippen LogP contribution < -0.4 is 10.2 Å². The molecule has 0 atom stereocenters. The summed E-state index contributed by atoms with van der Waals surface area (Å²) < 4.78 is 6.10. The largest absolute Gasteiger partial charge is 0.497 e. The Bertz CT molecular complexity index is 916. The fraction of sp³-hybridized carbons (Fsp3) is 0.111. The van der Waals surface area contributed by atoms with Crippen LogP contribution in [0.4, 0.5) is 0 Å². The second-order valence-corrected chi connectivity index (χ2v) is 6.54. The fourth-order valence-electron chi connectivity index (χ4n) is 2.24. The van der Waals surface area contributed by atoms with Gasteiger partial charge in [0.1, 0.15) is 10.6 Å². The first kappa shape index (κ1) is 16.5. The van der Waals surface area contributed by atoms with Crippen molar-refractivity contribution in [2.75, 3.05) is 7.11 Å². The average molecular weight is 359 g/mol. The van der Waals surface area contributed by atoms with Gasteiger partial charge in [0.05, 0.1) is 17.8 Å². The number of ether oxygens (including phenoxy) is 1. The number of thiophene rings is 1. The molecule has 2 aromatic carbocycles. The van der Waals surface area contributed by atoms with Gasteiger partial charge >= 0.3 is 0 Å². The summed E-state index contributed by atoms with van der Waals surface area (Å²) in [6.45, 7) is 1.83. The first-order valence-corrected chi connectivity index (χ1v) is 8.45. The lowest BCUT2D eigenvalue weighted by Crippen LogP contribution is -2.18. The molecule has 4 nitrogen and oxygen atoms in total. The number of nitrogens with one attached hydrogen (secondary N) is 1. The third-order valence-electron chi connectivity index (χ3n) is 3.57. The van der Waals surface area contributed by atoms with Crippen LogP contribution >= 0.6 is 22.9 Å². The van der Waals surface area contributed by atoms with Crippen LogP contribution in [0.5, 0.6) is 5.75 Å². The standard InChI is InChI=1S/C18H15ClN2O2S/c1-11(12-7-9-13(23-2)10-8-12)20-21-18(22)17-16(19)14-5-3-4-6-15(14)24-17/h3-10H,1-2H3,(H,21,22)/b20-11-. The molecule has 0 saturated carbocycles. The molecule has 0 aliphatic carbocycles. The molecule has 1 aromatic heterocycles. The zero-order valence-corrected chi connectivity index (χ0v) is 14.7. The van der Waals surface area contributed by atoms with Crippen molar-refractivity contribution in [3.63, 3.8) is 0 Å². The van der Waals surface area contributed by atoms with Crippen molar-refractivity contribution < 1.29 is 9.53 Å². The van der Waals surface area contributed by atoms with E-state index in [-0.39, 0.29) is 5.91 Å². The Balaban J connectivity index is 1.79. The maximum absolute atomic E-state index is 12.4. The molecule has 0 bridgehead atoms. The number of fused-ring (bicyclic) bond motifs is 1. The molecule has 0 saturated heterocycles. The van der Waals surface area contributed by atoms with Crippen molar-refractivity contribution >= 4 is 44.6 Å². The number of benzene rings is 2. The Labute approximate surface area is 148 Å². The highest BCUT2D eigenvalue weighted by atomic mass is 35.5. The number of carbonyl (C=O) groups excluding carboxylic acids is 1. The molecule has 1 amide bonds. The smallest absolute Gasteiger partial charge is 0.283 e. The molecule has 0 aliphatic rings. The minimum Gasteiger partial charge on any atom is -0.497 e. The fourth-order valence-corrected chi connectivity index (χ4v) is 3.65. The van der Waals surface area contributed by atoms with Crippen LogP contribution in [0.3, 0.4) is 0 Å². The molecule has 0 radical (unpaired) electrons. The van der Waals surface area contributed by atoms with E-state index >= 15 is 0 Å². The lowest BCUT2D eigenvalue weighted by molar-refractivity contribution is 0.0959. The SMILES string of the molecule is COc1ccc(/C(C)=N\NC(=O)c2sc3ccccc3c2Cl)cc1. The van der Waals surface area contributed by atoms with E-state index in [0.717, 1.165) is 21.4 Å². The lowest BCUT2D eigenvalue weighted by atomic mass is 10.1. The number of nitrogens with zero attached hydrogens (tertiary/aromatic N) is 1. The molecule has 0 aliphatic heterocycles. The van der Waals surface area contributed by atoms with E-state index in [1.807, 2.05) is 55.5 Å². The molecule has 3 aromatic rings. The second-order valence-electron chi connectivity index (χ2n) is 5.11. The Morgan fingerprint density at radius 1 is 1.17 bits per heavy atom. The molecule has 0 spiro atoms. The van der Waals surface area contributed by atoms with Crippen LogP contribution in [0, 0.1) is 0 Å². The van der Waals surface area contributed by atoms with Gasteiger partial charge in [0.2, 0.25) is 0 Å². The van der Waals surface area contributed by atoms with Crippen molar-refractivity contribution in [1.29, 1.82) is 0 Å². The Morgan fingerprint density at radius 3 is 2.54 bits per heavy atom. The summed E-state index contributed by atoms with van der Waals surface area (Å²) in [5.41, 5.74) is 4.17. The monoisotopic (exact) mass is 358 g/mol. The predicted octanol–water partition coefficient (Wildman–Crippen LogP) is 4.72.